The van der Waals surface area contributed by atoms with E-state index in [1.165, 1.54) is 24.5 Å². The van der Waals surface area contributed by atoms with Gasteiger partial charge in [0.25, 0.3) is 0 Å². The van der Waals surface area contributed by atoms with Crippen LogP contribution in [0.15, 0.2) is 48.8 Å². The summed E-state index contributed by atoms with van der Waals surface area (Å²) < 4.78 is 21.7. The first-order valence-corrected chi connectivity index (χ1v) is 6.37. The number of rotatable bonds is 4. The lowest BCUT2D eigenvalue weighted by Gasteiger charge is -2.13. The number of pyridine rings is 2. The van der Waals surface area contributed by atoms with Crippen molar-refractivity contribution in [2.45, 2.75) is 0 Å². The quantitative estimate of drug-likeness (QED) is 0.836. The highest BCUT2D eigenvalue weighted by molar-refractivity contribution is 7.52. The minimum absolute atomic E-state index is 0.134. The molecule has 0 fully saturated rings. The van der Waals surface area contributed by atoms with Crippen LogP contribution in [0.25, 0.3) is 0 Å². The monoisotopic (exact) mass is 251 g/mol. The molecule has 0 saturated heterocycles. The zero-order valence-electron chi connectivity index (χ0n) is 8.76. The predicted molar refractivity (Wildman–Crippen MR) is 61.5 cm³/mol. The molecule has 0 radical (unpaired) electrons. The molecule has 2 rings (SSSR count). The Balaban J connectivity index is 2.07. The van der Waals surface area contributed by atoms with E-state index in [1.54, 1.807) is 24.3 Å². The van der Waals surface area contributed by atoms with Gasteiger partial charge in [-0.1, -0.05) is 12.1 Å². The van der Waals surface area contributed by atoms with Crippen molar-refractivity contribution in [2.75, 3.05) is 0 Å². The summed E-state index contributed by atoms with van der Waals surface area (Å²) in [6.07, 6.45) is 2.99. The van der Waals surface area contributed by atoms with Gasteiger partial charge in [0, 0.05) is 24.5 Å². The van der Waals surface area contributed by atoms with E-state index >= 15 is 0 Å². The Morgan fingerprint density at radius 3 is 1.76 bits per heavy atom. The van der Waals surface area contributed by atoms with Crippen LogP contribution in [0.1, 0.15) is 0 Å². The summed E-state index contributed by atoms with van der Waals surface area (Å²) in [5.41, 5.74) is 5.41. The van der Waals surface area contributed by atoms with Crippen molar-refractivity contribution < 1.29 is 13.6 Å². The lowest BCUT2D eigenvalue weighted by atomic mass is 10.5. The van der Waals surface area contributed by atoms with Crippen molar-refractivity contribution in [1.29, 1.82) is 0 Å². The van der Waals surface area contributed by atoms with Gasteiger partial charge in [-0.25, -0.2) is 20.0 Å². The first kappa shape index (κ1) is 11.6. The molecule has 88 valence electrons. The second kappa shape index (κ2) is 4.95. The van der Waals surface area contributed by atoms with Gasteiger partial charge in [0.05, 0.1) is 0 Å². The molecule has 0 atom stereocenters. The van der Waals surface area contributed by atoms with Gasteiger partial charge >= 0.3 is 7.75 Å². The number of nitrogens with zero attached hydrogens (tertiary/aromatic N) is 2. The fourth-order valence-corrected chi connectivity index (χ4v) is 1.86. The molecule has 0 aliphatic carbocycles. The Kier molecular flexibility index (Phi) is 3.37. The average molecular weight is 251 g/mol. The van der Waals surface area contributed by atoms with Crippen molar-refractivity contribution >= 4 is 7.75 Å². The Labute approximate surface area is 98.0 Å². The third-order valence-electron chi connectivity index (χ3n) is 1.72. The normalized spacial score (nSPS) is 10.9. The molecule has 0 aliphatic rings. The van der Waals surface area contributed by atoms with Crippen LogP contribution in [0.4, 0.5) is 0 Å². The van der Waals surface area contributed by atoms with Gasteiger partial charge in [0.1, 0.15) is 0 Å². The van der Waals surface area contributed by atoms with Crippen LogP contribution in [0.2, 0.25) is 0 Å². The van der Waals surface area contributed by atoms with Gasteiger partial charge in [-0.15, -0.1) is 0 Å². The van der Waals surface area contributed by atoms with Gasteiger partial charge in [-0.05, 0) is 12.1 Å². The molecule has 2 aromatic rings. The van der Waals surface area contributed by atoms with Crippen LogP contribution >= 0.6 is 7.75 Å². The molecule has 0 aliphatic heterocycles. The summed E-state index contributed by atoms with van der Waals surface area (Å²) in [6, 6.07) is 9.83. The second-order valence-corrected chi connectivity index (χ2v) is 4.50. The topological polar surface area (TPSA) is 87.3 Å². The highest BCUT2D eigenvalue weighted by Crippen LogP contribution is 2.39. The Bertz CT molecular complexity index is 475. The van der Waals surface area contributed by atoms with Crippen molar-refractivity contribution in [3.05, 3.63) is 48.8 Å². The zero-order valence-corrected chi connectivity index (χ0v) is 9.66. The average Bonchev–Trinajstić information content (AvgIpc) is 2.30. The zero-order chi connectivity index (χ0) is 12.1. The summed E-state index contributed by atoms with van der Waals surface area (Å²) in [6.45, 7) is 0. The fraction of sp³-hybridized carbons (Fsp3) is 0. The van der Waals surface area contributed by atoms with E-state index in [0.29, 0.717) is 0 Å². The summed E-state index contributed by atoms with van der Waals surface area (Å²) in [5.74, 6) is 0.267. The molecule has 2 heterocycles. The van der Waals surface area contributed by atoms with Crippen molar-refractivity contribution in [1.82, 2.24) is 9.97 Å². The summed E-state index contributed by atoms with van der Waals surface area (Å²) >= 11 is 0. The molecule has 0 amide bonds. The Morgan fingerprint density at radius 2 is 1.41 bits per heavy atom. The standard InChI is InChI=1S/C10H10N3O3P/c11-17(14,15-9-5-1-3-7-12-9)16-10-6-2-4-8-13-10/h1-8H,(H2,11,14). The minimum atomic E-state index is -3.76. The third kappa shape index (κ3) is 3.55. The van der Waals surface area contributed by atoms with Crippen LogP contribution in [0, 0.1) is 0 Å². The van der Waals surface area contributed by atoms with Crippen molar-refractivity contribution in [2.24, 2.45) is 5.50 Å². The number of hydrogen-bond donors (Lipinski definition) is 1. The molecular weight excluding hydrogens is 241 g/mol. The number of nitrogens with two attached hydrogens (primary N) is 1. The molecule has 7 heteroatoms. The SMILES string of the molecule is NP(=O)(Oc1ccccn1)Oc1ccccn1. The number of hydrogen-bond acceptors (Lipinski definition) is 5. The van der Waals surface area contributed by atoms with Crippen LogP contribution in [-0.2, 0) is 4.57 Å². The van der Waals surface area contributed by atoms with Gasteiger partial charge < -0.3 is 9.05 Å². The molecule has 0 spiro atoms. The predicted octanol–water partition coefficient (Wildman–Crippen LogP) is 2.00. The maximum atomic E-state index is 11.8. The fourth-order valence-electron chi connectivity index (χ4n) is 1.08. The van der Waals surface area contributed by atoms with Crippen molar-refractivity contribution in [3.63, 3.8) is 0 Å². The van der Waals surface area contributed by atoms with Crippen LogP contribution < -0.4 is 14.6 Å². The summed E-state index contributed by atoms with van der Waals surface area (Å²) in [5, 5.41) is 0. The molecular formula is C10H10N3O3P. The minimum Gasteiger partial charge on any atom is -0.386 e. The van der Waals surface area contributed by atoms with E-state index in [2.05, 4.69) is 9.97 Å². The van der Waals surface area contributed by atoms with E-state index in [-0.39, 0.29) is 11.8 Å². The third-order valence-corrected chi connectivity index (χ3v) is 2.60. The van der Waals surface area contributed by atoms with E-state index in [0.717, 1.165) is 0 Å². The molecule has 0 bridgehead atoms. The molecule has 0 aromatic carbocycles. The van der Waals surface area contributed by atoms with E-state index in [4.69, 9.17) is 14.6 Å². The van der Waals surface area contributed by atoms with Gasteiger partial charge in [0.2, 0.25) is 11.8 Å². The summed E-state index contributed by atoms with van der Waals surface area (Å²) in [7, 11) is -3.76. The molecule has 2 aromatic heterocycles. The first-order valence-electron chi connectivity index (χ1n) is 4.76. The smallest absolute Gasteiger partial charge is 0.386 e. The summed E-state index contributed by atoms with van der Waals surface area (Å²) in [4.78, 5) is 7.66. The van der Waals surface area contributed by atoms with E-state index in [9.17, 15) is 4.57 Å². The molecule has 0 saturated carbocycles. The van der Waals surface area contributed by atoms with E-state index in [1.807, 2.05) is 0 Å². The van der Waals surface area contributed by atoms with Crippen LogP contribution in [-0.4, -0.2) is 9.97 Å². The lowest BCUT2D eigenvalue weighted by Crippen LogP contribution is -2.10. The van der Waals surface area contributed by atoms with Crippen molar-refractivity contribution in [3.8, 4) is 11.8 Å². The Hall–Kier alpha value is -1.91. The van der Waals surface area contributed by atoms with Gasteiger partial charge in [0.15, 0.2) is 0 Å². The highest BCUT2D eigenvalue weighted by atomic mass is 31.2. The number of aromatic nitrogens is 2. The lowest BCUT2D eigenvalue weighted by molar-refractivity contribution is 0.376. The molecule has 2 N–H and O–H groups in total. The van der Waals surface area contributed by atoms with Crippen LogP contribution in [0.5, 0.6) is 11.8 Å². The maximum absolute atomic E-state index is 11.8. The highest BCUT2D eigenvalue weighted by Gasteiger charge is 2.23. The second-order valence-electron chi connectivity index (χ2n) is 3.06. The molecule has 6 nitrogen and oxygen atoms in total. The molecule has 0 unspecified atom stereocenters. The largest absolute Gasteiger partial charge is 0.512 e. The van der Waals surface area contributed by atoms with E-state index < -0.39 is 7.75 Å². The van der Waals surface area contributed by atoms with Gasteiger partial charge in [-0.3, -0.25) is 0 Å². The van der Waals surface area contributed by atoms with Crippen LogP contribution in [0.3, 0.4) is 0 Å². The maximum Gasteiger partial charge on any atom is 0.512 e. The van der Waals surface area contributed by atoms with Gasteiger partial charge in [-0.2, -0.15) is 0 Å². The molecule has 17 heavy (non-hydrogen) atoms. The first-order chi connectivity index (χ1) is 8.16. The Morgan fingerprint density at radius 1 is 0.941 bits per heavy atom.